The summed E-state index contributed by atoms with van der Waals surface area (Å²) in [4.78, 5) is 40.5. The molecule has 0 bridgehead atoms. The van der Waals surface area contributed by atoms with Crippen LogP contribution in [0.5, 0.6) is 0 Å². The number of halogens is 2. The summed E-state index contributed by atoms with van der Waals surface area (Å²) in [6.07, 6.45) is 3.35. The highest BCUT2D eigenvalue weighted by atomic mass is 35.5. The van der Waals surface area contributed by atoms with Gasteiger partial charge in [-0.1, -0.05) is 42.3 Å². The molecule has 0 fully saturated rings. The SMILES string of the molecule is CCCC(=O)Nc1cccc(C2(C(=O)O)N=c3cc(Cl)cc(Cl)c3=C2C=CC(N)=O)c1. The van der Waals surface area contributed by atoms with E-state index in [0.29, 0.717) is 23.7 Å². The van der Waals surface area contributed by atoms with Crippen molar-refractivity contribution in [1.82, 2.24) is 0 Å². The van der Waals surface area contributed by atoms with Crippen LogP contribution in [0.2, 0.25) is 10.0 Å². The number of anilines is 1. The van der Waals surface area contributed by atoms with Gasteiger partial charge in [0.2, 0.25) is 17.4 Å². The Labute approximate surface area is 187 Å². The number of primary amides is 1. The maximum absolute atomic E-state index is 12.7. The minimum Gasteiger partial charge on any atom is -0.479 e. The normalized spacial score (nSPS) is 17.3. The summed E-state index contributed by atoms with van der Waals surface area (Å²) in [5.41, 5.74) is 4.17. The Morgan fingerprint density at radius 1 is 1.23 bits per heavy atom. The molecule has 2 aromatic rings. The first-order chi connectivity index (χ1) is 14.7. The lowest BCUT2D eigenvalue weighted by atomic mass is 9.82. The summed E-state index contributed by atoms with van der Waals surface area (Å²) in [5.74, 6) is -2.24. The average molecular weight is 460 g/mol. The second-order valence-electron chi connectivity index (χ2n) is 6.94. The molecule has 1 heterocycles. The number of carboxylic acid groups (broad SMARTS) is 1. The molecule has 1 aliphatic rings. The van der Waals surface area contributed by atoms with Crippen LogP contribution in [0.25, 0.3) is 5.57 Å². The number of benzene rings is 2. The van der Waals surface area contributed by atoms with E-state index in [-0.39, 0.29) is 32.4 Å². The van der Waals surface area contributed by atoms with Gasteiger partial charge < -0.3 is 16.2 Å². The van der Waals surface area contributed by atoms with E-state index in [1.165, 1.54) is 24.3 Å². The third-order valence-electron chi connectivity index (χ3n) is 4.75. The van der Waals surface area contributed by atoms with Crippen molar-refractivity contribution in [2.75, 3.05) is 5.32 Å². The molecule has 0 aromatic heterocycles. The minimum atomic E-state index is -1.92. The van der Waals surface area contributed by atoms with Crippen LogP contribution < -0.4 is 21.6 Å². The molecular formula is C22H19Cl2N3O4. The van der Waals surface area contributed by atoms with E-state index in [0.717, 1.165) is 6.08 Å². The van der Waals surface area contributed by atoms with Crippen LogP contribution in [0.3, 0.4) is 0 Å². The molecular weight excluding hydrogens is 441 g/mol. The quantitative estimate of drug-likeness (QED) is 0.550. The number of carbonyl (C=O) groups is 3. The van der Waals surface area contributed by atoms with Gasteiger partial charge >= 0.3 is 5.97 Å². The monoisotopic (exact) mass is 459 g/mol. The first-order valence-electron chi connectivity index (χ1n) is 9.40. The van der Waals surface area contributed by atoms with Crippen LogP contribution in [0, 0.1) is 0 Å². The lowest BCUT2D eigenvalue weighted by Crippen LogP contribution is -2.35. The minimum absolute atomic E-state index is 0.160. The van der Waals surface area contributed by atoms with E-state index in [2.05, 4.69) is 10.3 Å². The average Bonchev–Trinajstić information content (AvgIpc) is 3.02. The largest absolute Gasteiger partial charge is 0.479 e. The zero-order valence-corrected chi connectivity index (χ0v) is 18.0. The number of hydrogen-bond donors (Lipinski definition) is 3. The molecule has 0 radical (unpaired) electrons. The van der Waals surface area contributed by atoms with E-state index >= 15 is 0 Å². The van der Waals surface area contributed by atoms with Crippen molar-refractivity contribution in [2.45, 2.75) is 25.3 Å². The summed E-state index contributed by atoms with van der Waals surface area (Å²) < 4.78 is 0. The molecule has 1 unspecified atom stereocenters. The van der Waals surface area contributed by atoms with Crippen molar-refractivity contribution in [2.24, 2.45) is 10.7 Å². The summed E-state index contributed by atoms with van der Waals surface area (Å²) >= 11 is 12.5. The molecule has 1 aliphatic heterocycles. The number of nitrogens with one attached hydrogen (secondary N) is 1. The van der Waals surface area contributed by atoms with E-state index in [1.54, 1.807) is 18.2 Å². The van der Waals surface area contributed by atoms with Crippen LogP contribution in [0.1, 0.15) is 25.3 Å². The molecule has 31 heavy (non-hydrogen) atoms. The second kappa shape index (κ2) is 8.91. The van der Waals surface area contributed by atoms with Crippen LogP contribution in [-0.2, 0) is 19.9 Å². The van der Waals surface area contributed by atoms with Gasteiger partial charge in [0.1, 0.15) is 0 Å². The van der Waals surface area contributed by atoms with Gasteiger partial charge in [-0.25, -0.2) is 4.79 Å². The first kappa shape index (κ1) is 22.5. The van der Waals surface area contributed by atoms with Crippen molar-refractivity contribution >= 4 is 52.2 Å². The Bertz CT molecular complexity index is 1240. The molecule has 2 amide bonds. The van der Waals surface area contributed by atoms with Gasteiger partial charge in [-0.15, -0.1) is 0 Å². The number of carboxylic acids is 1. The molecule has 3 rings (SSSR count). The number of nitrogens with zero attached hydrogens (tertiary/aromatic N) is 1. The molecule has 7 nitrogen and oxygen atoms in total. The van der Waals surface area contributed by atoms with Crippen molar-refractivity contribution in [3.05, 3.63) is 74.7 Å². The molecule has 0 saturated heterocycles. The highest BCUT2D eigenvalue weighted by Crippen LogP contribution is 2.38. The van der Waals surface area contributed by atoms with Crippen LogP contribution in [0.4, 0.5) is 5.69 Å². The predicted octanol–water partition coefficient (Wildman–Crippen LogP) is 2.54. The Morgan fingerprint density at radius 2 is 1.97 bits per heavy atom. The van der Waals surface area contributed by atoms with Crippen molar-refractivity contribution < 1.29 is 19.5 Å². The van der Waals surface area contributed by atoms with Crippen LogP contribution in [-0.4, -0.2) is 22.9 Å². The second-order valence-corrected chi connectivity index (χ2v) is 7.78. The Kier molecular flexibility index (Phi) is 6.48. The van der Waals surface area contributed by atoms with Gasteiger partial charge in [-0.05, 0) is 42.3 Å². The molecule has 1 atom stereocenters. The van der Waals surface area contributed by atoms with Crippen molar-refractivity contribution in [1.29, 1.82) is 0 Å². The maximum Gasteiger partial charge on any atom is 0.341 e. The van der Waals surface area contributed by atoms with Gasteiger partial charge in [-0.2, -0.15) is 0 Å². The number of amides is 2. The third-order valence-corrected chi connectivity index (χ3v) is 5.26. The fourth-order valence-electron chi connectivity index (χ4n) is 3.49. The van der Waals surface area contributed by atoms with Crippen molar-refractivity contribution in [3.63, 3.8) is 0 Å². The van der Waals surface area contributed by atoms with E-state index in [1.807, 2.05) is 6.92 Å². The number of hydrogen-bond acceptors (Lipinski definition) is 4. The van der Waals surface area contributed by atoms with Crippen LogP contribution in [0.15, 0.2) is 53.5 Å². The molecule has 0 aliphatic carbocycles. The molecule has 9 heteroatoms. The number of nitrogens with two attached hydrogens (primary N) is 1. The number of fused-ring (bicyclic) bond motifs is 1. The third kappa shape index (κ3) is 4.33. The summed E-state index contributed by atoms with van der Waals surface area (Å²) in [5, 5.41) is 14.1. The topological polar surface area (TPSA) is 122 Å². The highest BCUT2D eigenvalue weighted by molar-refractivity contribution is 6.34. The zero-order valence-electron chi connectivity index (χ0n) is 16.5. The fraction of sp³-hybridized carbons (Fsp3) is 0.182. The Morgan fingerprint density at radius 3 is 2.61 bits per heavy atom. The lowest BCUT2D eigenvalue weighted by molar-refractivity contribution is -0.141. The standard InChI is InChI=1S/C22H19Cl2N3O4/c1-2-4-19(29)26-14-6-3-5-12(9-14)22(21(30)31)15(7-8-18(25)28)20-16(24)10-13(23)11-17(20)27-22/h3,5-11H,2,4H2,1H3,(H2,25,28)(H,26,29)(H,30,31). The first-order valence-corrected chi connectivity index (χ1v) is 10.2. The van der Waals surface area contributed by atoms with Gasteiger partial charge in [0.25, 0.3) is 0 Å². The fourth-order valence-corrected chi connectivity index (χ4v) is 4.07. The van der Waals surface area contributed by atoms with Crippen molar-refractivity contribution in [3.8, 4) is 0 Å². The molecule has 4 N–H and O–H groups in total. The van der Waals surface area contributed by atoms with Crippen LogP contribution >= 0.6 is 23.2 Å². The molecule has 0 spiro atoms. The number of rotatable bonds is 7. The molecule has 0 saturated carbocycles. The van der Waals surface area contributed by atoms with Gasteiger partial charge in [0.15, 0.2) is 0 Å². The van der Waals surface area contributed by atoms with Gasteiger partial charge in [-0.3, -0.25) is 14.6 Å². The highest BCUT2D eigenvalue weighted by Gasteiger charge is 2.46. The number of aliphatic carboxylic acids is 1. The maximum atomic E-state index is 12.7. The van der Waals surface area contributed by atoms with E-state index in [9.17, 15) is 19.5 Å². The molecule has 160 valence electrons. The van der Waals surface area contributed by atoms with Gasteiger partial charge in [0, 0.05) is 34.0 Å². The molecule has 2 aromatic carbocycles. The Hall–Kier alpha value is -3.16. The lowest BCUT2D eigenvalue weighted by Gasteiger charge is -2.25. The summed E-state index contributed by atoms with van der Waals surface area (Å²) in [6, 6.07) is 9.34. The number of carbonyl (C=O) groups excluding carboxylic acids is 2. The summed E-state index contributed by atoms with van der Waals surface area (Å²) in [7, 11) is 0. The Balaban J connectivity index is 2.30. The predicted molar refractivity (Wildman–Crippen MR) is 118 cm³/mol. The zero-order chi connectivity index (χ0) is 22.8. The van der Waals surface area contributed by atoms with E-state index in [4.69, 9.17) is 28.9 Å². The summed E-state index contributed by atoms with van der Waals surface area (Å²) in [6.45, 7) is 1.88. The van der Waals surface area contributed by atoms with Gasteiger partial charge in [0.05, 0.1) is 10.4 Å². The smallest absolute Gasteiger partial charge is 0.341 e. The van der Waals surface area contributed by atoms with E-state index < -0.39 is 17.4 Å².